The van der Waals surface area contributed by atoms with E-state index < -0.39 is 5.79 Å². The average Bonchev–Trinajstić information content (AvgIpc) is 2.37. The summed E-state index contributed by atoms with van der Waals surface area (Å²) in [5, 5.41) is 0. The first kappa shape index (κ1) is 12.6. The van der Waals surface area contributed by atoms with E-state index in [9.17, 15) is 0 Å². The second-order valence-electron chi connectivity index (χ2n) is 4.55. The molecule has 0 spiro atoms. The summed E-state index contributed by atoms with van der Waals surface area (Å²) < 4.78 is 12.0. The van der Waals surface area contributed by atoms with Gasteiger partial charge in [0, 0.05) is 12.1 Å². The zero-order valence-electron chi connectivity index (χ0n) is 10.7. The van der Waals surface area contributed by atoms with Crippen molar-refractivity contribution in [3.8, 4) is 0 Å². The van der Waals surface area contributed by atoms with Crippen LogP contribution in [0.15, 0.2) is 30.3 Å². The molecular formula is C14H21NO2. The molecule has 0 aromatic heterocycles. The number of hydrogen-bond acceptors (Lipinski definition) is 3. The highest BCUT2D eigenvalue weighted by atomic mass is 16.7. The van der Waals surface area contributed by atoms with E-state index in [0.29, 0.717) is 0 Å². The number of morpholine rings is 1. The summed E-state index contributed by atoms with van der Waals surface area (Å²) >= 11 is 0. The van der Waals surface area contributed by atoms with Gasteiger partial charge in [0.15, 0.2) is 0 Å². The zero-order chi connectivity index (χ0) is 12.1. The molecule has 1 fully saturated rings. The third kappa shape index (κ3) is 2.86. The van der Waals surface area contributed by atoms with Gasteiger partial charge in [0.05, 0.1) is 19.8 Å². The van der Waals surface area contributed by atoms with Crippen LogP contribution >= 0.6 is 0 Å². The van der Waals surface area contributed by atoms with E-state index in [2.05, 4.69) is 31.0 Å². The minimum Gasteiger partial charge on any atom is -0.345 e. The van der Waals surface area contributed by atoms with Crippen LogP contribution in [0.3, 0.4) is 0 Å². The monoisotopic (exact) mass is 235 g/mol. The molecule has 0 aliphatic carbocycles. The molecular weight excluding hydrogens is 214 g/mol. The van der Waals surface area contributed by atoms with Crippen LogP contribution in [0.2, 0.25) is 0 Å². The summed E-state index contributed by atoms with van der Waals surface area (Å²) in [6, 6.07) is 10.2. The molecule has 1 aromatic rings. The molecule has 0 radical (unpaired) electrons. The maximum atomic E-state index is 6.01. The number of benzene rings is 1. The molecule has 3 nitrogen and oxygen atoms in total. The first-order valence-corrected chi connectivity index (χ1v) is 6.29. The minimum atomic E-state index is -0.579. The molecule has 1 heterocycles. The van der Waals surface area contributed by atoms with Crippen LogP contribution in [0.5, 0.6) is 0 Å². The summed E-state index contributed by atoms with van der Waals surface area (Å²) in [6.07, 6.45) is 1.00. The average molecular weight is 235 g/mol. The van der Waals surface area contributed by atoms with Crippen molar-refractivity contribution in [1.29, 1.82) is 0 Å². The molecule has 94 valence electrons. The van der Waals surface area contributed by atoms with E-state index >= 15 is 0 Å². The van der Waals surface area contributed by atoms with Crippen molar-refractivity contribution in [2.45, 2.75) is 19.1 Å². The summed E-state index contributed by atoms with van der Waals surface area (Å²) in [5.74, 6) is -0.579. The van der Waals surface area contributed by atoms with Gasteiger partial charge in [-0.05, 0) is 13.5 Å². The zero-order valence-corrected chi connectivity index (χ0v) is 10.7. The first-order chi connectivity index (χ1) is 8.27. The lowest BCUT2D eigenvalue weighted by molar-refractivity contribution is -0.274. The summed E-state index contributed by atoms with van der Waals surface area (Å²) in [4.78, 5) is 2.26. The maximum Gasteiger partial charge on any atom is 0.208 e. The third-order valence-electron chi connectivity index (χ3n) is 3.04. The molecule has 2 rings (SSSR count). The molecule has 0 N–H and O–H groups in total. The highest BCUT2D eigenvalue weighted by molar-refractivity contribution is 5.21. The van der Waals surface area contributed by atoms with E-state index in [1.165, 1.54) is 0 Å². The van der Waals surface area contributed by atoms with Gasteiger partial charge in [-0.15, -0.1) is 0 Å². The lowest BCUT2D eigenvalue weighted by atomic mass is 10.0. The van der Waals surface area contributed by atoms with E-state index in [0.717, 1.165) is 38.3 Å². The smallest absolute Gasteiger partial charge is 0.208 e. The van der Waals surface area contributed by atoms with Crippen molar-refractivity contribution in [2.75, 3.05) is 33.4 Å². The quantitative estimate of drug-likeness (QED) is 0.799. The van der Waals surface area contributed by atoms with Crippen LogP contribution in [0.1, 0.15) is 18.9 Å². The van der Waals surface area contributed by atoms with Crippen molar-refractivity contribution in [2.24, 2.45) is 0 Å². The minimum absolute atomic E-state index is 0.579. The Morgan fingerprint density at radius 2 is 2.12 bits per heavy atom. The standard InChI is InChI=1S/C14H21NO2/c1-3-10-16-14(12-15(2)9-11-17-14)13-7-5-4-6-8-13/h4-8H,3,9-12H2,1-2H3. The van der Waals surface area contributed by atoms with E-state index in [1.807, 2.05) is 18.2 Å². The number of likely N-dealkylation sites (N-methyl/N-ethyl adjacent to an activating group) is 1. The van der Waals surface area contributed by atoms with Crippen molar-refractivity contribution < 1.29 is 9.47 Å². The Kier molecular flexibility index (Phi) is 4.15. The predicted octanol–water partition coefficient (Wildman–Crippen LogP) is 2.23. The van der Waals surface area contributed by atoms with Gasteiger partial charge in [0.1, 0.15) is 0 Å². The fraction of sp³-hybridized carbons (Fsp3) is 0.571. The Bertz CT molecular complexity index is 341. The second kappa shape index (κ2) is 5.63. The third-order valence-corrected chi connectivity index (χ3v) is 3.04. The first-order valence-electron chi connectivity index (χ1n) is 6.29. The SMILES string of the molecule is CCCOC1(c2ccccc2)CN(C)CCO1. The highest BCUT2D eigenvalue weighted by Crippen LogP contribution is 2.30. The molecule has 1 saturated heterocycles. The number of rotatable bonds is 4. The highest BCUT2D eigenvalue weighted by Gasteiger charge is 2.38. The molecule has 0 bridgehead atoms. The van der Waals surface area contributed by atoms with Gasteiger partial charge in [-0.2, -0.15) is 0 Å². The number of ether oxygens (including phenoxy) is 2. The van der Waals surface area contributed by atoms with Gasteiger partial charge >= 0.3 is 0 Å². The van der Waals surface area contributed by atoms with E-state index in [-0.39, 0.29) is 0 Å². The summed E-state index contributed by atoms with van der Waals surface area (Å²) in [5.41, 5.74) is 1.11. The molecule has 1 atom stereocenters. The lowest BCUT2D eigenvalue weighted by Gasteiger charge is -2.41. The van der Waals surface area contributed by atoms with Gasteiger partial charge in [0.25, 0.3) is 0 Å². The lowest BCUT2D eigenvalue weighted by Crippen LogP contribution is -2.50. The largest absolute Gasteiger partial charge is 0.345 e. The fourth-order valence-electron chi connectivity index (χ4n) is 2.15. The van der Waals surface area contributed by atoms with Crippen LogP contribution in [0.4, 0.5) is 0 Å². The van der Waals surface area contributed by atoms with Crippen LogP contribution < -0.4 is 0 Å². The maximum absolute atomic E-state index is 6.01. The van der Waals surface area contributed by atoms with Crippen LogP contribution in [-0.4, -0.2) is 38.3 Å². The van der Waals surface area contributed by atoms with Gasteiger partial charge in [0.2, 0.25) is 5.79 Å². The van der Waals surface area contributed by atoms with Crippen molar-refractivity contribution >= 4 is 0 Å². The fourth-order valence-corrected chi connectivity index (χ4v) is 2.15. The summed E-state index contributed by atoms with van der Waals surface area (Å²) in [6.45, 7) is 5.31. The normalized spacial score (nSPS) is 26.0. The Labute approximate surface area is 103 Å². The Balaban J connectivity index is 2.23. The second-order valence-corrected chi connectivity index (χ2v) is 4.55. The number of hydrogen-bond donors (Lipinski definition) is 0. The van der Waals surface area contributed by atoms with E-state index in [1.54, 1.807) is 0 Å². The Morgan fingerprint density at radius 3 is 2.76 bits per heavy atom. The van der Waals surface area contributed by atoms with Crippen LogP contribution in [0, 0.1) is 0 Å². The molecule has 3 heteroatoms. The predicted molar refractivity (Wildman–Crippen MR) is 67.8 cm³/mol. The van der Waals surface area contributed by atoms with Crippen LogP contribution in [-0.2, 0) is 15.3 Å². The summed E-state index contributed by atoms with van der Waals surface area (Å²) in [7, 11) is 2.11. The molecule has 1 unspecified atom stereocenters. The van der Waals surface area contributed by atoms with E-state index in [4.69, 9.17) is 9.47 Å². The van der Waals surface area contributed by atoms with Gasteiger partial charge in [-0.1, -0.05) is 37.3 Å². The Morgan fingerprint density at radius 1 is 1.35 bits per heavy atom. The Hall–Kier alpha value is -0.900. The van der Waals surface area contributed by atoms with Gasteiger partial charge < -0.3 is 9.47 Å². The van der Waals surface area contributed by atoms with Crippen molar-refractivity contribution in [3.63, 3.8) is 0 Å². The molecule has 1 aliphatic heterocycles. The van der Waals surface area contributed by atoms with Gasteiger partial charge in [-0.3, -0.25) is 4.90 Å². The molecule has 1 aromatic carbocycles. The molecule has 1 aliphatic rings. The van der Waals surface area contributed by atoms with Gasteiger partial charge in [-0.25, -0.2) is 0 Å². The van der Waals surface area contributed by atoms with Crippen LogP contribution in [0.25, 0.3) is 0 Å². The molecule has 17 heavy (non-hydrogen) atoms. The topological polar surface area (TPSA) is 21.7 Å². The molecule has 0 amide bonds. The van der Waals surface area contributed by atoms with Crippen molar-refractivity contribution in [3.05, 3.63) is 35.9 Å². The molecule has 0 saturated carbocycles. The number of nitrogens with zero attached hydrogens (tertiary/aromatic N) is 1. The van der Waals surface area contributed by atoms with Crippen molar-refractivity contribution in [1.82, 2.24) is 4.90 Å².